The largest absolute Gasteiger partial charge is 0.441 e. The van der Waals surface area contributed by atoms with E-state index >= 15 is 0 Å². The molecule has 160 valence electrons. The Morgan fingerprint density at radius 1 is 1.26 bits per heavy atom. The van der Waals surface area contributed by atoms with Gasteiger partial charge in [0.2, 0.25) is 5.91 Å². The van der Waals surface area contributed by atoms with Crippen LogP contribution in [0.3, 0.4) is 0 Å². The van der Waals surface area contributed by atoms with Crippen LogP contribution in [0.2, 0.25) is 0 Å². The first kappa shape index (κ1) is 20.3. The maximum Gasteiger partial charge on any atom is 0.413 e. The predicted octanol–water partition coefficient (Wildman–Crippen LogP) is 2.33. The Bertz CT molecular complexity index is 1210. The van der Waals surface area contributed by atoms with E-state index < -0.39 is 11.7 Å². The minimum Gasteiger partial charge on any atom is -0.441 e. The summed E-state index contributed by atoms with van der Waals surface area (Å²) >= 11 is 0. The number of fused-ring (bicyclic) bond motifs is 1. The molecule has 1 atom stereocenters. The van der Waals surface area contributed by atoms with Gasteiger partial charge in [0.1, 0.15) is 17.2 Å². The third-order valence-corrected chi connectivity index (χ3v) is 5.37. The number of nitrogens with two attached hydrogens (primary N) is 2. The van der Waals surface area contributed by atoms with Crippen LogP contribution in [-0.2, 0) is 9.53 Å². The number of anilines is 3. The van der Waals surface area contributed by atoms with Gasteiger partial charge in [-0.2, -0.15) is 0 Å². The number of hydrogen-bond donors (Lipinski definition) is 3. The van der Waals surface area contributed by atoms with Crippen molar-refractivity contribution < 1.29 is 14.3 Å². The fraction of sp³-hybridized carbons (Fsp3) is 0.286. The summed E-state index contributed by atoms with van der Waals surface area (Å²) in [6, 6.07) is 3.51. The highest BCUT2D eigenvalue weighted by Gasteiger charge is 2.41. The Morgan fingerprint density at radius 2 is 2.03 bits per heavy atom. The molecule has 0 unspecified atom stereocenters. The molecule has 0 spiro atoms. The lowest BCUT2D eigenvalue weighted by molar-refractivity contribution is -0.126. The molecule has 1 aliphatic rings. The molecule has 0 aliphatic carbocycles. The second-order valence-electron chi connectivity index (χ2n) is 7.98. The van der Waals surface area contributed by atoms with Crippen LogP contribution in [0.4, 0.5) is 22.1 Å². The number of carbonyl (C=O) groups is 2. The minimum atomic E-state index is -0.883. The maximum atomic E-state index is 12.4. The number of carbonyl (C=O) groups excluding carboxylic acids is 2. The number of aromatic nitrogens is 3. The average Bonchev–Trinajstić information content (AvgIpc) is 2.94. The van der Waals surface area contributed by atoms with Crippen LogP contribution < -0.4 is 16.8 Å². The summed E-state index contributed by atoms with van der Waals surface area (Å²) in [4.78, 5) is 38.5. The van der Waals surface area contributed by atoms with E-state index in [1.165, 1.54) is 11.1 Å². The van der Waals surface area contributed by atoms with E-state index in [1.54, 1.807) is 32.4 Å². The molecular weight excluding hydrogens is 398 g/mol. The summed E-state index contributed by atoms with van der Waals surface area (Å²) in [6.07, 6.45) is 4.25. The number of likely N-dealkylation sites (N-methyl/N-ethyl adjacent to an activating group) is 1. The second kappa shape index (κ2) is 7.38. The zero-order valence-corrected chi connectivity index (χ0v) is 17.5. The fourth-order valence-corrected chi connectivity index (χ4v) is 3.70. The summed E-state index contributed by atoms with van der Waals surface area (Å²) in [7, 11) is 1.67. The zero-order chi connectivity index (χ0) is 22.3. The van der Waals surface area contributed by atoms with Crippen molar-refractivity contribution in [1.29, 1.82) is 0 Å². The van der Waals surface area contributed by atoms with E-state index in [4.69, 9.17) is 16.2 Å². The standard InChI is InChI=1S/C21H23N7O3/c1-11-13(7-24-9-15(11)22)16-4-12-5-17(25-8-14(12)19(23)26-16)27-20(30)31-21(2)6-18(29)28(3)10-21/h4-5,7-9H,6,10,22H2,1-3H3,(H2,23,26)(H,25,27,30)/t21-/m0/s1. The smallest absolute Gasteiger partial charge is 0.413 e. The number of nitrogens with zero attached hydrogens (tertiary/aromatic N) is 4. The zero-order valence-electron chi connectivity index (χ0n) is 17.5. The molecule has 3 aromatic rings. The average molecular weight is 421 g/mol. The number of likely N-dealkylation sites (tertiary alicyclic amines) is 1. The van der Waals surface area contributed by atoms with Crippen molar-refractivity contribution in [3.05, 3.63) is 36.3 Å². The molecule has 10 nitrogen and oxygen atoms in total. The van der Waals surface area contributed by atoms with Gasteiger partial charge in [-0.15, -0.1) is 0 Å². The first-order valence-corrected chi connectivity index (χ1v) is 9.66. The highest BCUT2D eigenvalue weighted by molar-refractivity contribution is 5.96. The van der Waals surface area contributed by atoms with Crippen molar-refractivity contribution >= 4 is 40.1 Å². The number of pyridine rings is 3. The number of ether oxygens (including phenoxy) is 1. The van der Waals surface area contributed by atoms with Gasteiger partial charge in [-0.1, -0.05) is 0 Å². The molecule has 31 heavy (non-hydrogen) atoms. The van der Waals surface area contributed by atoms with Gasteiger partial charge in [0.05, 0.1) is 30.5 Å². The molecule has 0 radical (unpaired) electrons. The summed E-state index contributed by atoms with van der Waals surface area (Å²) < 4.78 is 5.49. The monoisotopic (exact) mass is 421 g/mol. The predicted molar refractivity (Wildman–Crippen MR) is 117 cm³/mol. The minimum absolute atomic E-state index is 0.0685. The van der Waals surface area contributed by atoms with Gasteiger partial charge < -0.3 is 21.1 Å². The van der Waals surface area contributed by atoms with Crippen molar-refractivity contribution in [2.45, 2.75) is 25.9 Å². The van der Waals surface area contributed by atoms with Crippen LogP contribution in [0.15, 0.2) is 30.7 Å². The Morgan fingerprint density at radius 3 is 2.74 bits per heavy atom. The Balaban J connectivity index is 1.61. The lowest BCUT2D eigenvalue weighted by Gasteiger charge is -2.23. The van der Waals surface area contributed by atoms with Crippen LogP contribution in [0, 0.1) is 6.92 Å². The molecule has 5 N–H and O–H groups in total. The van der Waals surface area contributed by atoms with E-state index in [9.17, 15) is 9.59 Å². The van der Waals surface area contributed by atoms with Crippen LogP contribution in [-0.4, -0.2) is 51.0 Å². The molecule has 0 saturated carbocycles. The van der Waals surface area contributed by atoms with E-state index in [0.717, 1.165) is 16.5 Å². The second-order valence-corrected chi connectivity index (χ2v) is 7.98. The first-order valence-electron chi connectivity index (χ1n) is 9.66. The van der Waals surface area contributed by atoms with Crippen molar-refractivity contribution in [1.82, 2.24) is 19.9 Å². The highest BCUT2D eigenvalue weighted by atomic mass is 16.6. The molecule has 1 saturated heterocycles. The maximum absolute atomic E-state index is 12.4. The molecule has 4 heterocycles. The van der Waals surface area contributed by atoms with Gasteiger partial charge in [0.15, 0.2) is 0 Å². The van der Waals surface area contributed by atoms with Crippen LogP contribution in [0.1, 0.15) is 18.9 Å². The topological polar surface area (TPSA) is 149 Å². The normalized spacial score (nSPS) is 18.4. The van der Waals surface area contributed by atoms with Gasteiger partial charge in [-0.3, -0.25) is 15.1 Å². The molecule has 1 fully saturated rings. The molecule has 10 heteroatoms. The van der Waals surface area contributed by atoms with E-state index in [-0.39, 0.29) is 18.1 Å². The molecule has 3 aromatic heterocycles. The van der Waals surface area contributed by atoms with E-state index in [0.29, 0.717) is 29.1 Å². The highest BCUT2D eigenvalue weighted by Crippen LogP contribution is 2.30. The SMILES string of the molecule is Cc1c(N)cncc1-c1cc2cc(NC(=O)O[C@@]3(C)CC(=O)N(C)C3)ncc2c(N)n1. The van der Waals surface area contributed by atoms with Crippen molar-refractivity contribution in [2.75, 3.05) is 30.4 Å². The number of hydrogen-bond acceptors (Lipinski definition) is 8. The van der Waals surface area contributed by atoms with Crippen LogP contribution in [0.5, 0.6) is 0 Å². The summed E-state index contributed by atoms with van der Waals surface area (Å²) in [5.41, 5.74) is 14.0. The number of nitrogen functional groups attached to an aromatic ring is 2. The van der Waals surface area contributed by atoms with Crippen molar-refractivity contribution in [3.63, 3.8) is 0 Å². The van der Waals surface area contributed by atoms with Gasteiger partial charge in [-0.25, -0.2) is 14.8 Å². The molecule has 2 amide bonds. The quantitative estimate of drug-likeness (QED) is 0.583. The van der Waals surface area contributed by atoms with Crippen molar-refractivity contribution in [2.24, 2.45) is 0 Å². The third kappa shape index (κ3) is 3.91. The lowest BCUT2D eigenvalue weighted by atomic mass is 10.0. The van der Waals surface area contributed by atoms with Crippen LogP contribution >= 0.6 is 0 Å². The van der Waals surface area contributed by atoms with E-state index in [1.807, 2.05) is 13.0 Å². The Kier molecular flexibility index (Phi) is 4.84. The van der Waals surface area contributed by atoms with Crippen LogP contribution in [0.25, 0.3) is 22.0 Å². The number of nitrogens with one attached hydrogen (secondary N) is 1. The molecule has 0 bridgehead atoms. The molecule has 1 aliphatic heterocycles. The Hall–Kier alpha value is -3.95. The summed E-state index contributed by atoms with van der Waals surface area (Å²) in [5, 5.41) is 4.00. The lowest BCUT2D eigenvalue weighted by Crippen LogP contribution is -2.36. The first-order chi connectivity index (χ1) is 14.6. The van der Waals surface area contributed by atoms with Gasteiger partial charge in [-0.05, 0) is 36.9 Å². The number of amides is 2. The molecule has 4 rings (SSSR count). The fourth-order valence-electron chi connectivity index (χ4n) is 3.70. The Labute approximate surface area is 178 Å². The molecular formula is C21H23N7O3. The molecule has 0 aromatic carbocycles. The summed E-state index contributed by atoms with van der Waals surface area (Å²) in [6.45, 7) is 3.95. The van der Waals surface area contributed by atoms with Gasteiger partial charge in [0.25, 0.3) is 0 Å². The summed E-state index contributed by atoms with van der Waals surface area (Å²) in [5.74, 6) is 0.523. The van der Waals surface area contributed by atoms with Crippen molar-refractivity contribution in [3.8, 4) is 11.3 Å². The van der Waals surface area contributed by atoms with Gasteiger partial charge >= 0.3 is 6.09 Å². The van der Waals surface area contributed by atoms with Gasteiger partial charge in [0, 0.05) is 30.4 Å². The third-order valence-electron chi connectivity index (χ3n) is 5.37. The number of rotatable bonds is 3. The van der Waals surface area contributed by atoms with E-state index in [2.05, 4.69) is 20.3 Å².